The van der Waals surface area contributed by atoms with Crippen LogP contribution in [0.5, 0.6) is 0 Å². The van der Waals surface area contributed by atoms with Gasteiger partial charge in [0.15, 0.2) is 0 Å². The Balaban J connectivity index is 1.99. The molecule has 0 aliphatic heterocycles. The van der Waals surface area contributed by atoms with Crippen LogP contribution in [0.2, 0.25) is 5.02 Å². The molecule has 0 saturated heterocycles. The molecular formula is C14H14BrClN2. The third-order valence-corrected chi connectivity index (χ3v) is 3.79. The van der Waals surface area contributed by atoms with Gasteiger partial charge in [-0.1, -0.05) is 33.6 Å². The predicted octanol–water partition coefficient (Wildman–Crippen LogP) is 4.35. The summed E-state index contributed by atoms with van der Waals surface area (Å²) < 4.78 is 1.03. The van der Waals surface area contributed by atoms with Crippen molar-refractivity contribution in [1.82, 2.24) is 10.3 Å². The third-order valence-electron chi connectivity index (χ3n) is 2.82. The fourth-order valence-electron chi connectivity index (χ4n) is 1.70. The van der Waals surface area contributed by atoms with Gasteiger partial charge in [-0.25, -0.2) is 0 Å². The molecule has 1 aromatic heterocycles. The first-order valence-corrected chi connectivity index (χ1v) is 6.91. The Kier molecular flexibility index (Phi) is 4.75. The van der Waals surface area contributed by atoms with E-state index in [-0.39, 0.29) is 6.04 Å². The first-order chi connectivity index (χ1) is 8.66. The molecule has 4 heteroatoms. The highest BCUT2D eigenvalue weighted by molar-refractivity contribution is 9.10. The van der Waals surface area contributed by atoms with E-state index in [0.717, 1.165) is 16.0 Å². The second kappa shape index (κ2) is 6.32. The van der Waals surface area contributed by atoms with Gasteiger partial charge in [-0.2, -0.15) is 0 Å². The van der Waals surface area contributed by atoms with Crippen molar-refractivity contribution in [3.8, 4) is 0 Å². The number of hydrogen-bond acceptors (Lipinski definition) is 2. The summed E-state index contributed by atoms with van der Waals surface area (Å²) in [5.41, 5.74) is 2.43. The van der Waals surface area contributed by atoms with Gasteiger partial charge in [-0.3, -0.25) is 4.98 Å². The van der Waals surface area contributed by atoms with E-state index in [1.807, 2.05) is 42.7 Å². The summed E-state index contributed by atoms with van der Waals surface area (Å²) in [5.74, 6) is 0. The van der Waals surface area contributed by atoms with Crippen molar-refractivity contribution in [1.29, 1.82) is 0 Å². The van der Waals surface area contributed by atoms with Crippen molar-refractivity contribution in [2.24, 2.45) is 0 Å². The quantitative estimate of drug-likeness (QED) is 0.904. The molecule has 0 amide bonds. The lowest BCUT2D eigenvalue weighted by Gasteiger charge is -2.14. The van der Waals surface area contributed by atoms with Gasteiger partial charge in [0.1, 0.15) is 0 Å². The Morgan fingerprint density at radius 3 is 2.67 bits per heavy atom. The van der Waals surface area contributed by atoms with Crippen LogP contribution in [-0.4, -0.2) is 4.98 Å². The van der Waals surface area contributed by atoms with Crippen molar-refractivity contribution < 1.29 is 0 Å². The van der Waals surface area contributed by atoms with Crippen LogP contribution in [0.4, 0.5) is 0 Å². The van der Waals surface area contributed by atoms with Crippen LogP contribution in [0.15, 0.2) is 47.2 Å². The van der Waals surface area contributed by atoms with Crippen LogP contribution in [0.1, 0.15) is 24.1 Å². The molecule has 1 aromatic carbocycles. The number of aromatic nitrogens is 1. The Hall–Kier alpha value is -0.900. The molecule has 1 atom stereocenters. The number of pyridine rings is 1. The van der Waals surface area contributed by atoms with Gasteiger partial charge >= 0.3 is 0 Å². The number of rotatable bonds is 4. The molecule has 0 spiro atoms. The molecule has 0 fully saturated rings. The van der Waals surface area contributed by atoms with Gasteiger partial charge in [0.05, 0.1) is 0 Å². The van der Waals surface area contributed by atoms with Crippen molar-refractivity contribution in [2.45, 2.75) is 19.5 Å². The highest BCUT2D eigenvalue weighted by Crippen LogP contribution is 2.22. The summed E-state index contributed by atoms with van der Waals surface area (Å²) in [6, 6.07) is 10.2. The Bertz CT molecular complexity index is 516. The summed E-state index contributed by atoms with van der Waals surface area (Å²) >= 11 is 9.44. The fourth-order valence-corrected chi connectivity index (χ4v) is 2.52. The Morgan fingerprint density at radius 2 is 2.00 bits per heavy atom. The maximum atomic E-state index is 5.92. The van der Waals surface area contributed by atoms with E-state index >= 15 is 0 Å². The number of benzene rings is 1. The van der Waals surface area contributed by atoms with Gasteiger partial charge in [0.25, 0.3) is 0 Å². The molecule has 0 saturated carbocycles. The zero-order valence-electron chi connectivity index (χ0n) is 10.0. The Morgan fingerprint density at radius 1 is 1.28 bits per heavy atom. The van der Waals surface area contributed by atoms with Crippen LogP contribution in [0.3, 0.4) is 0 Å². The molecule has 1 N–H and O–H groups in total. The van der Waals surface area contributed by atoms with Crippen LogP contribution < -0.4 is 5.32 Å². The van der Waals surface area contributed by atoms with E-state index in [9.17, 15) is 0 Å². The summed E-state index contributed by atoms with van der Waals surface area (Å²) in [7, 11) is 0. The van der Waals surface area contributed by atoms with E-state index in [2.05, 4.69) is 33.2 Å². The molecule has 94 valence electrons. The molecule has 2 nitrogen and oxygen atoms in total. The zero-order valence-corrected chi connectivity index (χ0v) is 12.4. The minimum Gasteiger partial charge on any atom is -0.306 e. The molecule has 0 bridgehead atoms. The van der Waals surface area contributed by atoms with Crippen molar-refractivity contribution in [2.75, 3.05) is 0 Å². The smallest absolute Gasteiger partial charge is 0.0417 e. The Labute approximate surface area is 121 Å². The fraction of sp³-hybridized carbons (Fsp3) is 0.214. The number of nitrogens with one attached hydrogen (secondary N) is 1. The minimum atomic E-state index is 0.288. The standard InChI is InChI=1S/C14H14BrClN2/c1-10(11-4-6-17-7-5-11)18-9-12-2-3-13(16)8-14(12)15/h2-8,10,18H,9H2,1H3/t10-/m0/s1. The molecule has 2 aromatic rings. The first-order valence-electron chi connectivity index (χ1n) is 5.74. The third kappa shape index (κ3) is 3.55. The van der Waals surface area contributed by atoms with Crippen molar-refractivity contribution in [3.05, 3.63) is 63.3 Å². The maximum Gasteiger partial charge on any atom is 0.0417 e. The highest BCUT2D eigenvalue weighted by Gasteiger charge is 2.06. The molecule has 18 heavy (non-hydrogen) atoms. The summed E-state index contributed by atoms with van der Waals surface area (Å²) in [6.07, 6.45) is 3.62. The molecule has 2 rings (SSSR count). The largest absolute Gasteiger partial charge is 0.306 e. The van der Waals surface area contributed by atoms with Crippen LogP contribution in [-0.2, 0) is 6.54 Å². The predicted molar refractivity (Wildman–Crippen MR) is 78.6 cm³/mol. The SMILES string of the molecule is C[C@H](NCc1ccc(Cl)cc1Br)c1ccncc1. The second-order valence-electron chi connectivity index (χ2n) is 4.12. The minimum absolute atomic E-state index is 0.288. The average molecular weight is 326 g/mol. The molecular weight excluding hydrogens is 312 g/mol. The summed E-state index contributed by atoms with van der Waals surface area (Å²) in [6.45, 7) is 2.93. The summed E-state index contributed by atoms with van der Waals surface area (Å²) in [5, 5.41) is 4.22. The average Bonchev–Trinajstić information content (AvgIpc) is 2.38. The van der Waals surface area contributed by atoms with Gasteiger partial charge in [-0.15, -0.1) is 0 Å². The molecule has 0 aliphatic carbocycles. The van der Waals surface area contributed by atoms with Gasteiger partial charge < -0.3 is 5.32 Å². The van der Waals surface area contributed by atoms with E-state index < -0.39 is 0 Å². The number of halogens is 2. The zero-order chi connectivity index (χ0) is 13.0. The molecule has 0 unspecified atom stereocenters. The first kappa shape index (κ1) is 13.5. The van der Waals surface area contributed by atoms with Gasteiger partial charge in [0, 0.05) is 34.5 Å². The second-order valence-corrected chi connectivity index (χ2v) is 5.41. The van der Waals surface area contributed by atoms with Crippen LogP contribution >= 0.6 is 27.5 Å². The lowest BCUT2D eigenvalue weighted by Crippen LogP contribution is -2.18. The van der Waals surface area contributed by atoms with Crippen molar-refractivity contribution in [3.63, 3.8) is 0 Å². The topological polar surface area (TPSA) is 24.9 Å². The van der Waals surface area contributed by atoms with Crippen molar-refractivity contribution >= 4 is 27.5 Å². The normalized spacial score (nSPS) is 12.4. The monoisotopic (exact) mass is 324 g/mol. The maximum absolute atomic E-state index is 5.92. The summed E-state index contributed by atoms with van der Waals surface area (Å²) in [4.78, 5) is 4.02. The van der Waals surface area contributed by atoms with Crippen LogP contribution in [0.25, 0.3) is 0 Å². The van der Waals surface area contributed by atoms with Gasteiger partial charge in [-0.05, 0) is 42.3 Å². The van der Waals surface area contributed by atoms with E-state index in [1.165, 1.54) is 11.1 Å². The van der Waals surface area contributed by atoms with Gasteiger partial charge in [0.2, 0.25) is 0 Å². The molecule has 0 radical (unpaired) electrons. The van der Waals surface area contributed by atoms with E-state index in [4.69, 9.17) is 11.6 Å². The lowest BCUT2D eigenvalue weighted by molar-refractivity contribution is 0.573. The molecule has 1 heterocycles. The van der Waals surface area contributed by atoms with Crippen LogP contribution in [0, 0.1) is 0 Å². The number of hydrogen-bond donors (Lipinski definition) is 1. The lowest BCUT2D eigenvalue weighted by atomic mass is 10.1. The molecule has 0 aliphatic rings. The van der Waals surface area contributed by atoms with E-state index in [0.29, 0.717) is 0 Å². The number of nitrogens with zero attached hydrogens (tertiary/aromatic N) is 1. The van der Waals surface area contributed by atoms with E-state index in [1.54, 1.807) is 0 Å². The highest BCUT2D eigenvalue weighted by atomic mass is 79.9.